The van der Waals surface area contributed by atoms with Crippen LogP contribution in [0.4, 0.5) is 0 Å². The minimum atomic E-state index is -1.65. The summed E-state index contributed by atoms with van der Waals surface area (Å²) in [6, 6.07) is 5.66. The van der Waals surface area contributed by atoms with Crippen LogP contribution in [0.15, 0.2) is 18.2 Å². The Morgan fingerprint density at radius 2 is 1.79 bits per heavy atom. The Bertz CT molecular complexity index is 366. The number of halogens is 3. The first-order chi connectivity index (χ1) is 6.32. The monoisotopic (exact) mass is 249 g/mol. The Morgan fingerprint density at radius 3 is 2.21 bits per heavy atom. The van der Waals surface area contributed by atoms with Gasteiger partial charge in [0.15, 0.2) is 0 Å². The van der Waals surface area contributed by atoms with Gasteiger partial charge in [0.2, 0.25) is 3.79 Å². The number of benzene rings is 1. The van der Waals surface area contributed by atoms with Crippen molar-refractivity contribution in [1.29, 1.82) is 5.41 Å². The zero-order valence-corrected chi connectivity index (χ0v) is 10.1. The van der Waals surface area contributed by atoms with Gasteiger partial charge >= 0.3 is 0 Å². The number of nitrogens with one attached hydrogen (secondary N) is 1. The smallest absolute Gasteiger partial charge is 0.232 e. The molecule has 0 fully saturated rings. The Labute approximate surface area is 98.5 Å². The molecule has 1 aromatic carbocycles. The largest absolute Gasteiger partial charge is 0.300 e. The van der Waals surface area contributed by atoms with Crippen molar-refractivity contribution in [3.05, 3.63) is 34.9 Å². The van der Waals surface area contributed by atoms with Gasteiger partial charge in [0.25, 0.3) is 0 Å². The molecule has 0 aliphatic heterocycles. The second kappa shape index (κ2) is 4.09. The van der Waals surface area contributed by atoms with Crippen LogP contribution in [-0.2, 0) is 0 Å². The molecule has 76 valence electrons. The molecule has 0 saturated heterocycles. The maximum Gasteiger partial charge on any atom is 0.232 e. The van der Waals surface area contributed by atoms with Gasteiger partial charge in [-0.15, -0.1) is 0 Å². The Kier molecular flexibility index (Phi) is 3.46. The van der Waals surface area contributed by atoms with E-state index in [9.17, 15) is 0 Å². The minimum Gasteiger partial charge on any atom is -0.300 e. The molecule has 0 amide bonds. The van der Waals surface area contributed by atoms with Crippen molar-refractivity contribution < 1.29 is 0 Å². The molecule has 0 atom stereocenters. The normalized spacial score (nSPS) is 11.5. The van der Waals surface area contributed by atoms with E-state index in [0.29, 0.717) is 5.56 Å². The van der Waals surface area contributed by atoms with Crippen LogP contribution in [0.5, 0.6) is 0 Å². The molecule has 0 aliphatic carbocycles. The summed E-state index contributed by atoms with van der Waals surface area (Å²) in [5, 5.41) is 7.70. The Morgan fingerprint density at radius 1 is 1.21 bits per heavy atom. The number of hydrogen-bond acceptors (Lipinski definition) is 1. The van der Waals surface area contributed by atoms with Gasteiger partial charge in [-0.05, 0) is 19.4 Å². The van der Waals surface area contributed by atoms with Crippen LogP contribution in [0.25, 0.3) is 0 Å². The molecule has 1 nitrogen and oxygen atoms in total. The number of rotatable bonds is 1. The third-order valence-electron chi connectivity index (χ3n) is 1.93. The van der Waals surface area contributed by atoms with E-state index >= 15 is 0 Å². The molecule has 1 rings (SSSR count). The van der Waals surface area contributed by atoms with Crippen molar-refractivity contribution in [2.45, 2.75) is 17.6 Å². The van der Waals surface area contributed by atoms with Gasteiger partial charge < -0.3 is 5.41 Å². The van der Waals surface area contributed by atoms with E-state index in [0.717, 1.165) is 11.1 Å². The topological polar surface area (TPSA) is 23.9 Å². The van der Waals surface area contributed by atoms with Crippen molar-refractivity contribution in [2.24, 2.45) is 0 Å². The molecule has 0 bridgehead atoms. The number of aryl methyl sites for hydroxylation is 2. The lowest BCUT2D eigenvalue weighted by Crippen LogP contribution is -2.19. The lowest BCUT2D eigenvalue weighted by Gasteiger charge is -2.15. The van der Waals surface area contributed by atoms with Crippen molar-refractivity contribution in [2.75, 3.05) is 0 Å². The SMILES string of the molecule is Cc1ccc(C(=N)C(Cl)(Cl)Cl)c(C)c1. The highest BCUT2D eigenvalue weighted by Gasteiger charge is 2.28. The van der Waals surface area contributed by atoms with Gasteiger partial charge in [-0.1, -0.05) is 58.6 Å². The van der Waals surface area contributed by atoms with E-state index in [2.05, 4.69) is 0 Å². The van der Waals surface area contributed by atoms with Gasteiger partial charge in [-0.3, -0.25) is 0 Å². The van der Waals surface area contributed by atoms with Crippen LogP contribution < -0.4 is 0 Å². The lowest BCUT2D eigenvalue weighted by atomic mass is 10.0. The molecular weight excluding hydrogens is 240 g/mol. The zero-order chi connectivity index (χ0) is 10.9. The van der Waals surface area contributed by atoms with Crippen molar-refractivity contribution in [1.82, 2.24) is 0 Å². The second-order valence-electron chi connectivity index (χ2n) is 3.19. The number of alkyl halides is 3. The summed E-state index contributed by atoms with van der Waals surface area (Å²) in [4.78, 5) is 0. The van der Waals surface area contributed by atoms with Crippen LogP contribution in [0, 0.1) is 19.3 Å². The van der Waals surface area contributed by atoms with E-state index in [1.54, 1.807) is 6.07 Å². The summed E-state index contributed by atoms with van der Waals surface area (Å²) in [6.45, 7) is 3.88. The summed E-state index contributed by atoms with van der Waals surface area (Å²) < 4.78 is -1.65. The minimum absolute atomic E-state index is 0.0139. The molecule has 1 aromatic rings. The van der Waals surface area contributed by atoms with Crippen LogP contribution >= 0.6 is 34.8 Å². The highest BCUT2D eigenvalue weighted by Crippen LogP contribution is 2.31. The van der Waals surface area contributed by atoms with E-state index in [1.807, 2.05) is 26.0 Å². The fraction of sp³-hybridized carbons (Fsp3) is 0.300. The average Bonchev–Trinajstić information content (AvgIpc) is 2.01. The highest BCUT2D eigenvalue weighted by atomic mass is 35.6. The number of hydrogen-bond donors (Lipinski definition) is 1. The zero-order valence-electron chi connectivity index (χ0n) is 7.87. The first kappa shape index (κ1) is 11.8. The van der Waals surface area contributed by atoms with Crippen LogP contribution in [0.3, 0.4) is 0 Å². The van der Waals surface area contributed by atoms with Crippen molar-refractivity contribution in [3.8, 4) is 0 Å². The molecule has 0 unspecified atom stereocenters. The quantitative estimate of drug-likeness (QED) is 0.574. The van der Waals surface area contributed by atoms with Gasteiger partial charge in [-0.25, -0.2) is 0 Å². The maximum absolute atomic E-state index is 7.70. The summed E-state index contributed by atoms with van der Waals surface area (Å²) in [7, 11) is 0. The van der Waals surface area contributed by atoms with E-state index in [1.165, 1.54) is 0 Å². The summed E-state index contributed by atoms with van der Waals surface area (Å²) in [6.07, 6.45) is 0. The summed E-state index contributed by atoms with van der Waals surface area (Å²) in [5.74, 6) is 0. The molecule has 0 spiro atoms. The third-order valence-corrected chi connectivity index (χ3v) is 2.50. The first-order valence-electron chi connectivity index (χ1n) is 4.05. The summed E-state index contributed by atoms with van der Waals surface area (Å²) in [5.41, 5.74) is 2.76. The van der Waals surface area contributed by atoms with Gasteiger partial charge in [-0.2, -0.15) is 0 Å². The third kappa shape index (κ3) is 2.63. The molecule has 0 heterocycles. The fourth-order valence-corrected chi connectivity index (χ4v) is 1.55. The average molecular weight is 251 g/mol. The van der Waals surface area contributed by atoms with Gasteiger partial charge in [0.1, 0.15) is 0 Å². The summed E-state index contributed by atoms with van der Waals surface area (Å²) >= 11 is 16.9. The fourth-order valence-electron chi connectivity index (χ4n) is 1.25. The lowest BCUT2D eigenvalue weighted by molar-refractivity contribution is 1.31. The molecule has 0 aromatic heterocycles. The van der Waals surface area contributed by atoms with Crippen LogP contribution in [-0.4, -0.2) is 9.50 Å². The second-order valence-corrected chi connectivity index (χ2v) is 5.47. The Balaban J connectivity index is 3.15. The first-order valence-corrected chi connectivity index (χ1v) is 5.19. The maximum atomic E-state index is 7.70. The molecule has 0 aliphatic rings. The standard InChI is InChI=1S/C10H10Cl3N/c1-6-3-4-8(7(2)5-6)9(14)10(11,12)13/h3-5,14H,1-2H3. The highest BCUT2D eigenvalue weighted by molar-refractivity contribution is 6.77. The Hall–Kier alpha value is -0.240. The van der Waals surface area contributed by atoms with E-state index in [4.69, 9.17) is 40.2 Å². The van der Waals surface area contributed by atoms with Gasteiger partial charge in [0.05, 0.1) is 5.71 Å². The van der Waals surface area contributed by atoms with Crippen LogP contribution in [0.1, 0.15) is 16.7 Å². The van der Waals surface area contributed by atoms with Crippen LogP contribution in [0.2, 0.25) is 0 Å². The van der Waals surface area contributed by atoms with Gasteiger partial charge in [0, 0.05) is 5.56 Å². The van der Waals surface area contributed by atoms with E-state index < -0.39 is 3.79 Å². The van der Waals surface area contributed by atoms with Crippen molar-refractivity contribution >= 4 is 40.5 Å². The molecular formula is C10H10Cl3N. The molecule has 14 heavy (non-hydrogen) atoms. The van der Waals surface area contributed by atoms with Crippen molar-refractivity contribution in [3.63, 3.8) is 0 Å². The molecule has 0 saturated carbocycles. The molecule has 0 radical (unpaired) electrons. The molecule has 1 N–H and O–H groups in total. The predicted molar refractivity (Wildman–Crippen MR) is 63.0 cm³/mol. The molecule has 4 heteroatoms. The predicted octanol–water partition coefficient (Wildman–Crippen LogP) is 4.04. The van der Waals surface area contributed by atoms with E-state index in [-0.39, 0.29) is 5.71 Å².